The van der Waals surface area contributed by atoms with Crippen molar-refractivity contribution in [1.82, 2.24) is 19.5 Å². The Balaban J connectivity index is 1.16. The maximum atomic E-state index is 5.14. The highest BCUT2D eigenvalue weighted by Gasteiger charge is 2.18. The normalized spacial score (nSPS) is 11.8. The summed E-state index contributed by atoms with van der Waals surface area (Å²) in [4.78, 5) is 15.3. The van der Waals surface area contributed by atoms with Crippen LogP contribution in [-0.2, 0) is 0 Å². The Kier molecular flexibility index (Phi) is 5.54. The molecule has 0 saturated carbocycles. The number of para-hydroxylation sites is 2. The van der Waals surface area contributed by atoms with E-state index >= 15 is 0 Å². The number of hydrogen-bond acceptors (Lipinski definition) is 3. The summed E-state index contributed by atoms with van der Waals surface area (Å²) < 4.78 is 2.33. The second-order valence-electron chi connectivity index (χ2n) is 12.1. The molecule has 8 aromatic carbocycles. The number of fused-ring (bicyclic) bond motifs is 3. The second kappa shape index (κ2) is 10.1. The highest BCUT2D eigenvalue weighted by atomic mass is 15.0. The lowest BCUT2D eigenvalue weighted by Crippen LogP contribution is -2.01. The number of nitrogens with zero attached hydrogens (tertiary/aromatic N) is 4. The molecular weight excluding hydrogens is 573 g/mol. The third kappa shape index (κ3) is 3.98. The van der Waals surface area contributed by atoms with E-state index < -0.39 is 0 Å². The van der Waals surface area contributed by atoms with Crippen molar-refractivity contribution in [3.63, 3.8) is 0 Å². The van der Waals surface area contributed by atoms with Gasteiger partial charge in [0.15, 0.2) is 17.5 Å². The zero-order valence-corrected chi connectivity index (χ0v) is 25.3. The summed E-state index contributed by atoms with van der Waals surface area (Å²) in [5, 5.41) is 9.85. The van der Waals surface area contributed by atoms with Gasteiger partial charge >= 0.3 is 0 Å². The fourth-order valence-electron chi connectivity index (χ4n) is 7.23. The molecule has 218 valence electrons. The van der Waals surface area contributed by atoms with Gasteiger partial charge in [-0.3, -0.25) is 0 Å². The summed E-state index contributed by atoms with van der Waals surface area (Å²) in [5.74, 6) is 1.97. The molecule has 0 saturated heterocycles. The Hall–Kier alpha value is -6.39. The third-order valence-electron chi connectivity index (χ3n) is 9.40. The summed E-state index contributed by atoms with van der Waals surface area (Å²) >= 11 is 0. The Morgan fingerprint density at radius 3 is 1.55 bits per heavy atom. The van der Waals surface area contributed by atoms with Gasteiger partial charge in [-0.1, -0.05) is 115 Å². The lowest BCUT2D eigenvalue weighted by molar-refractivity contribution is 1.07. The number of rotatable bonds is 4. The first kappa shape index (κ1) is 25.9. The van der Waals surface area contributed by atoms with Crippen LogP contribution < -0.4 is 0 Å². The Labute approximate surface area is 270 Å². The lowest BCUT2D eigenvalue weighted by Gasteiger charge is -2.14. The first-order valence-corrected chi connectivity index (χ1v) is 15.9. The lowest BCUT2D eigenvalue weighted by atomic mass is 9.92. The van der Waals surface area contributed by atoms with Crippen molar-refractivity contribution in [2.75, 3.05) is 0 Å². The van der Waals surface area contributed by atoms with Crippen molar-refractivity contribution >= 4 is 54.1 Å². The van der Waals surface area contributed by atoms with Crippen LogP contribution in [0.3, 0.4) is 0 Å². The first-order chi connectivity index (χ1) is 23.3. The Morgan fingerprint density at radius 2 is 0.872 bits per heavy atom. The van der Waals surface area contributed by atoms with Crippen LogP contribution in [0.2, 0.25) is 0 Å². The summed E-state index contributed by atoms with van der Waals surface area (Å²) in [5.41, 5.74) is 6.35. The van der Waals surface area contributed by atoms with Gasteiger partial charge in [-0.25, -0.2) is 15.0 Å². The van der Waals surface area contributed by atoms with Gasteiger partial charge in [0, 0.05) is 33.2 Å². The molecular formula is C43H26N4. The molecule has 2 heterocycles. The fourth-order valence-corrected chi connectivity index (χ4v) is 7.23. The maximum absolute atomic E-state index is 5.14. The molecule has 0 atom stereocenters. The molecule has 0 spiro atoms. The largest absolute Gasteiger partial charge is 0.309 e. The quantitative estimate of drug-likeness (QED) is 0.189. The fraction of sp³-hybridized carbons (Fsp3) is 0. The zero-order valence-electron chi connectivity index (χ0n) is 25.3. The van der Waals surface area contributed by atoms with Crippen molar-refractivity contribution in [1.29, 1.82) is 0 Å². The first-order valence-electron chi connectivity index (χ1n) is 15.9. The van der Waals surface area contributed by atoms with Crippen LogP contribution in [0.5, 0.6) is 0 Å². The van der Waals surface area contributed by atoms with E-state index in [4.69, 9.17) is 15.0 Å². The molecule has 0 unspecified atom stereocenters. The van der Waals surface area contributed by atoms with E-state index in [1.807, 2.05) is 18.2 Å². The van der Waals surface area contributed by atoms with Crippen LogP contribution in [0.15, 0.2) is 158 Å². The molecule has 0 radical (unpaired) electrons. The molecule has 0 N–H and O–H groups in total. The highest BCUT2D eigenvalue weighted by molar-refractivity contribution is 6.25. The maximum Gasteiger partial charge on any atom is 0.164 e. The van der Waals surface area contributed by atoms with Crippen molar-refractivity contribution in [3.05, 3.63) is 158 Å². The smallest absolute Gasteiger partial charge is 0.164 e. The van der Waals surface area contributed by atoms with E-state index in [9.17, 15) is 0 Å². The van der Waals surface area contributed by atoms with Gasteiger partial charge in [-0.2, -0.15) is 0 Å². The molecule has 10 aromatic rings. The van der Waals surface area contributed by atoms with E-state index in [2.05, 4.69) is 144 Å². The van der Waals surface area contributed by atoms with Crippen molar-refractivity contribution in [3.8, 4) is 39.9 Å². The van der Waals surface area contributed by atoms with Gasteiger partial charge in [-0.05, 0) is 74.8 Å². The topological polar surface area (TPSA) is 43.6 Å². The van der Waals surface area contributed by atoms with E-state index in [0.717, 1.165) is 27.8 Å². The van der Waals surface area contributed by atoms with Crippen LogP contribution in [0.4, 0.5) is 0 Å². The molecule has 0 bridgehead atoms. The number of aromatic nitrogens is 4. The molecule has 0 aliphatic heterocycles. The zero-order chi connectivity index (χ0) is 30.9. The predicted octanol–water partition coefficient (Wildman–Crippen LogP) is 10.9. The van der Waals surface area contributed by atoms with Crippen molar-refractivity contribution < 1.29 is 0 Å². The van der Waals surface area contributed by atoms with Crippen LogP contribution >= 0.6 is 0 Å². The average Bonchev–Trinajstić information content (AvgIpc) is 3.48. The van der Waals surface area contributed by atoms with Gasteiger partial charge in [-0.15, -0.1) is 0 Å². The van der Waals surface area contributed by atoms with E-state index in [1.54, 1.807) is 0 Å². The molecule has 2 aromatic heterocycles. The Morgan fingerprint density at radius 1 is 0.340 bits per heavy atom. The van der Waals surface area contributed by atoms with Gasteiger partial charge in [0.05, 0.1) is 11.0 Å². The standard InChI is InChI=1S/C43H26N4/c1-2-9-30(10-3-1)41-44-42(31-19-23-32(24-20-31)47-37-15-6-4-13-33(37)34-14-5-7-16-38(34)47)46-43(45-41)36-26-22-29-18-17-27-11-8-12-28-21-25-35(36)40(29)39(27)28/h1-26H. The van der Waals surface area contributed by atoms with E-state index in [-0.39, 0.29) is 0 Å². The van der Waals surface area contributed by atoms with E-state index in [0.29, 0.717) is 17.5 Å². The van der Waals surface area contributed by atoms with E-state index in [1.165, 1.54) is 48.7 Å². The summed E-state index contributed by atoms with van der Waals surface area (Å²) in [7, 11) is 0. The number of benzene rings is 8. The summed E-state index contributed by atoms with van der Waals surface area (Å²) in [6.45, 7) is 0. The number of hydrogen-bond donors (Lipinski definition) is 0. The van der Waals surface area contributed by atoms with Gasteiger partial charge in [0.1, 0.15) is 0 Å². The predicted molar refractivity (Wildman–Crippen MR) is 194 cm³/mol. The molecule has 0 amide bonds. The molecule has 0 aliphatic carbocycles. The SMILES string of the molecule is c1ccc(-c2nc(-c3ccc(-n4c5ccccc5c5ccccc54)cc3)nc(-c3ccc4ccc5cccc6ccc3c4c56)n2)cc1. The van der Waals surface area contributed by atoms with Crippen molar-refractivity contribution in [2.24, 2.45) is 0 Å². The highest BCUT2D eigenvalue weighted by Crippen LogP contribution is 2.39. The minimum atomic E-state index is 0.647. The van der Waals surface area contributed by atoms with Gasteiger partial charge in [0.25, 0.3) is 0 Å². The van der Waals surface area contributed by atoms with Gasteiger partial charge in [0.2, 0.25) is 0 Å². The molecule has 10 rings (SSSR count). The monoisotopic (exact) mass is 598 g/mol. The van der Waals surface area contributed by atoms with Crippen LogP contribution in [0.1, 0.15) is 0 Å². The third-order valence-corrected chi connectivity index (χ3v) is 9.40. The second-order valence-corrected chi connectivity index (χ2v) is 12.1. The average molecular weight is 599 g/mol. The van der Waals surface area contributed by atoms with Crippen LogP contribution in [-0.4, -0.2) is 19.5 Å². The van der Waals surface area contributed by atoms with Crippen LogP contribution in [0.25, 0.3) is 94.0 Å². The molecule has 0 aliphatic rings. The molecule has 4 heteroatoms. The molecule has 4 nitrogen and oxygen atoms in total. The van der Waals surface area contributed by atoms with Gasteiger partial charge < -0.3 is 4.57 Å². The summed E-state index contributed by atoms with van der Waals surface area (Å²) in [6, 6.07) is 55.6. The Bertz CT molecular complexity index is 2710. The van der Waals surface area contributed by atoms with Crippen molar-refractivity contribution in [2.45, 2.75) is 0 Å². The molecule has 47 heavy (non-hydrogen) atoms. The summed E-state index contributed by atoms with van der Waals surface area (Å²) in [6.07, 6.45) is 0. The minimum absolute atomic E-state index is 0.647. The van der Waals surface area contributed by atoms with Crippen LogP contribution in [0, 0.1) is 0 Å². The minimum Gasteiger partial charge on any atom is -0.309 e. The molecule has 0 fully saturated rings.